The zero-order chi connectivity index (χ0) is 9.26. The van der Waals surface area contributed by atoms with E-state index in [1.54, 1.807) is 11.0 Å². The van der Waals surface area contributed by atoms with Gasteiger partial charge in [-0.3, -0.25) is 0 Å². The fraction of sp³-hybridized carbons (Fsp3) is 0.111. The lowest BCUT2D eigenvalue weighted by Gasteiger charge is -1.98. The predicted molar refractivity (Wildman–Crippen MR) is 53.8 cm³/mol. The smallest absolute Gasteiger partial charge is 0.0867 e. The largest absolute Gasteiger partial charge is 0.157 e. The topological polar surface area (TPSA) is 30.7 Å². The summed E-state index contributed by atoms with van der Waals surface area (Å²) in [5, 5.41) is 8.32. The van der Waals surface area contributed by atoms with E-state index in [0.717, 1.165) is 15.9 Å². The fourth-order valence-electron chi connectivity index (χ4n) is 1.06. The van der Waals surface area contributed by atoms with Crippen LogP contribution in [0.25, 0.3) is 5.69 Å². The number of aryl methyl sites for hydroxylation is 1. The van der Waals surface area contributed by atoms with Gasteiger partial charge in [0.1, 0.15) is 0 Å². The molecule has 0 radical (unpaired) electrons. The van der Waals surface area contributed by atoms with E-state index in [-0.39, 0.29) is 0 Å². The van der Waals surface area contributed by atoms with Crippen molar-refractivity contribution in [3.8, 4) is 5.69 Å². The maximum absolute atomic E-state index is 4.21. The van der Waals surface area contributed by atoms with Crippen molar-refractivity contribution in [2.24, 2.45) is 0 Å². The van der Waals surface area contributed by atoms with Crippen molar-refractivity contribution in [3.63, 3.8) is 0 Å². The molecule has 1 aromatic heterocycles. The first-order valence-corrected chi connectivity index (χ1v) is 4.70. The Hall–Kier alpha value is -1.16. The van der Waals surface area contributed by atoms with Gasteiger partial charge >= 0.3 is 0 Å². The summed E-state index contributed by atoms with van der Waals surface area (Å²) in [4.78, 5) is 1.61. The number of hydrogen-bond donors (Lipinski definition) is 0. The van der Waals surface area contributed by atoms with Gasteiger partial charge in [-0.15, -0.1) is 0 Å². The second-order valence-corrected chi connectivity index (χ2v) is 3.67. The molecular formula is C9H8BrN3. The van der Waals surface area contributed by atoms with Crippen LogP contribution >= 0.6 is 15.9 Å². The molecule has 0 aliphatic rings. The summed E-state index contributed by atoms with van der Waals surface area (Å²) in [5.41, 5.74) is 1.88. The first kappa shape index (κ1) is 8.44. The van der Waals surface area contributed by atoms with Crippen LogP contribution in [0.3, 0.4) is 0 Å². The van der Waals surface area contributed by atoms with Crippen LogP contribution in [-0.4, -0.2) is 15.0 Å². The third-order valence-electron chi connectivity index (χ3n) is 1.65. The van der Waals surface area contributed by atoms with Gasteiger partial charge in [-0.1, -0.05) is 22.0 Å². The van der Waals surface area contributed by atoms with Crippen molar-refractivity contribution in [3.05, 3.63) is 40.6 Å². The first-order chi connectivity index (χ1) is 6.25. The quantitative estimate of drug-likeness (QED) is 0.763. The lowest BCUT2D eigenvalue weighted by Crippen LogP contribution is -1.98. The summed E-state index contributed by atoms with van der Waals surface area (Å²) in [6.07, 6.45) is 1.74. The van der Waals surface area contributed by atoms with Gasteiger partial charge in [-0.2, -0.15) is 15.0 Å². The van der Waals surface area contributed by atoms with Crippen LogP contribution in [0.2, 0.25) is 0 Å². The molecule has 0 fully saturated rings. The average Bonchev–Trinajstić information content (AvgIpc) is 2.52. The molecule has 0 aliphatic heterocycles. The Balaban J connectivity index is 2.46. The molecule has 0 atom stereocenters. The van der Waals surface area contributed by atoms with Gasteiger partial charge in [-0.05, 0) is 25.1 Å². The molecule has 0 bridgehead atoms. The number of benzene rings is 1. The number of halogens is 1. The van der Waals surface area contributed by atoms with Crippen molar-refractivity contribution in [2.75, 3.05) is 0 Å². The molecule has 0 aliphatic carbocycles. The Morgan fingerprint density at radius 3 is 2.85 bits per heavy atom. The Kier molecular flexibility index (Phi) is 2.14. The molecule has 4 heteroatoms. The van der Waals surface area contributed by atoms with E-state index >= 15 is 0 Å². The monoisotopic (exact) mass is 237 g/mol. The summed E-state index contributed by atoms with van der Waals surface area (Å²) in [6, 6.07) is 7.86. The molecule has 3 nitrogen and oxygen atoms in total. The molecule has 1 aromatic carbocycles. The van der Waals surface area contributed by atoms with Gasteiger partial charge < -0.3 is 0 Å². The van der Waals surface area contributed by atoms with E-state index < -0.39 is 0 Å². The van der Waals surface area contributed by atoms with Crippen LogP contribution in [0.5, 0.6) is 0 Å². The second kappa shape index (κ2) is 3.30. The summed E-state index contributed by atoms with van der Waals surface area (Å²) in [6.45, 7) is 1.92. The van der Waals surface area contributed by atoms with Crippen molar-refractivity contribution in [1.29, 1.82) is 0 Å². The van der Waals surface area contributed by atoms with E-state index in [4.69, 9.17) is 0 Å². The number of rotatable bonds is 1. The minimum atomic E-state index is 0.917. The maximum atomic E-state index is 4.21. The first-order valence-electron chi connectivity index (χ1n) is 3.90. The molecular weight excluding hydrogens is 230 g/mol. The molecule has 2 aromatic rings. The summed E-state index contributed by atoms with van der Waals surface area (Å²) >= 11 is 3.40. The van der Waals surface area contributed by atoms with E-state index in [1.807, 2.05) is 31.2 Å². The Morgan fingerprint density at radius 2 is 2.23 bits per heavy atom. The maximum Gasteiger partial charge on any atom is 0.0867 e. The highest BCUT2D eigenvalue weighted by molar-refractivity contribution is 9.10. The third-order valence-corrected chi connectivity index (χ3v) is 2.14. The van der Waals surface area contributed by atoms with Crippen LogP contribution in [0, 0.1) is 6.92 Å². The Labute approximate surface area is 84.5 Å². The molecule has 13 heavy (non-hydrogen) atoms. The molecule has 0 amide bonds. The number of nitrogens with zero attached hydrogens (tertiary/aromatic N) is 3. The number of hydrogen-bond acceptors (Lipinski definition) is 2. The van der Waals surface area contributed by atoms with Crippen LogP contribution < -0.4 is 0 Å². The average molecular weight is 238 g/mol. The van der Waals surface area contributed by atoms with Crippen LogP contribution in [0.1, 0.15) is 5.69 Å². The molecule has 0 saturated carbocycles. The van der Waals surface area contributed by atoms with E-state index in [2.05, 4.69) is 26.1 Å². The summed E-state index contributed by atoms with van der Waals surface area (Å²) in [5.74, 6) is 0. The standard InChI is InChI=1S/C9H8BrN3/c1-7-6-11-13(12-7)9-4-2-3-8(10)5-9/h2-6H,1H3. The van der Waals surface area contributed by atoms with Crippen LogP contribution in [-0.2, 0) is 0 Å². The van der Waals surface area contributed by atoms with Crippen molar-refractivity contribution >= 4 is 15.9 Å². The van der Waals surface area contributed by atoms with Crippen LogP contribution in [0.15, 0.2) is 34.9 Å². The molecule has 0 unspecified atom stereocenters. The Bertz CT molecular complexity index is 422. The van der Waals surface area contributed by atoms with Crippen molar-refractivity contribution < 1.29 is 0 Å². The van der Waals surface area contributed by atoms with Gasteiger partial charge in [0, 0.05) is 4.47 Å². The third kappa shape index (κ3) is 1.78. The highest BCUT2D eigenvalue weighted by atomic mass is 79.9. The van der Waals surface area contributed by atoms with Gasteiger partial charge in [0.25, 0.3) is 0 Å². The lowest BCUT2D eigenvalue weighted by atomic mass is 10.3. The van der Waals surface area contributed by atoms with Gasteiger partial charge in [0.2, 0.25) is 0 Å². The van der Waals surface area contributed by atoms with Crippen LogP contribution in [0.4, 0.5) is 0 Å². The number of aromatic nitrogens is 3. The van der Waals surface area contributed by atoms with Gasteiger partial charge in [0.05, 0.1) is 17.6 Å². The minimum absolute atomic E-state index is 0.917. The molecule has 1 heterocycles. The molecule has 2 rings (SSSR count). The van der Waals surface area contributed by atoms with E-state index in [9.17, 15) is 0 Å². The molecule has 66 valence electrons. The minimum Gasteiger partial charge on any atom is -0.157 e. The van der Waals surface area contributed by atoms with E-state index in [1.165, 1.54) is 0 Å². The molecule has 0 N–H and O–H groups in total. The molecule has 0 spiro atoms. The summed E-state index contributed by atoms with van der Waals surface area (Å²) in [7, 11) is 0. The summed E-state index contributed by atoms with van der Waals surface area (Å²) < 4.78 is 1.03. The van der Waals surface area contributed by atoms with Gasteiger partial charge in [0.15, 0.2) is 0 Å². The zero-order valence-electron chi connectivity index (χ0n) is 7.11. The zero-order valence-corrected chi connectivity index (χ0v) is 8.69. The molecule has 0 saturated heterocycles. The predicted octanol–water partition coefficient (Wildman–Crippen LogP) is 2.34. The van der Waals surface area contributed by atoms with Gasteiger partial charge in [-0.25, -0.2) is 0 Å². The highest BCUT2D eigenvalue weighted by Crippen LogP contribution is 2.13. The van der Waals surface area contributed by atoms with E-state index in [0.29, 0.717) is 0 Å². The SMILES string of the molecule is Cc1cnn(-c2cccc(Br)c2)n1. The Morgan fingerprint density at radius 1 is 1.38 bits per heavy atom. The normalized spacial score (nSPS) is 10.3. The fourth-order valence-corrected chi connectivity index (χ4v) is 1.45. The second-order valence-electron chi connectivity index (χ2n) is 2.76. The lowest BCUT2D eigenvalue weighted by molar-refractivity contribution is 0.745. The highest BCUT2D eigenvalue weighted by Gasteiger charge is 1.98. The van der Waals surface area contributed by atoms with Crippen molar-refractivity contribution in [2.45, 2.75) is 6.92 Å². The van der Waals surface area contributed by atoms with Crippen molar-refractivity contribution in [1.82, 2.24) is 15.0 Å².